The van der Waals surface area contributed by atoms with Gasteiger partial charge in [-0.15, -0.1) is 0 Å². The van der Waals surface area contributed by atoms with Crippen molar-refractivity contribution in [3.8, 4) is 0 Å². The summed E-state index contributed by atoms with van der Waals surface area (Å²) in [5, 5.41) is 6.42. The van der Waals surface area contributed by atoms with Crippen molar-refractivity contribution in [1.29, 1.82) is 0 Å². The standard InChI is InChI=1S/C17H22N2/c1-4-5-13-18-16(3)14-19-15(2)11-12-17-9-7-6-8-10-17/h4-12,18-19H,2-3,13-14H2,1H3/b5-4+,12-11+. The predicted molar refractivity (Wildman–Crippen MR) is 84.6 cm³/mol. The number of hydrogen-bond donors (Lipinski definition) is 2. The Kier molecular flexibility index (Phi) is 6.88. The van der Waals surface area contributed by atoms with Gasteiger partial charge in [0.1, 0.15) is 0 Å². The summed E-state index contributed by atoms with van der Waals surface area (Å²) in [5.74, 6) is 0. The molecule has 0 aliphatic rings. The van der Waals surface area contributed by atoms with Gasteiger partial charge in [-0.3, -0.25) is 0 Å². The van der Waals surface area contributed by atoms with Crippen LogP contribution in [0, 0.1) is 0 Å². The zero-order valence-electron chi connectivity index (χ0n) is 11.5. The molecule has 1 aromatic rings. The lowest BCUT2D eigenvalue weighted by atomic mass is 10.2. The molecule has 0 aliphatic carbocycles. The molecule has 2 heteroatoms. The molecular formula is C17H22N2. The zero-order chi connectivity index (χ0) is 13.9. The third kappa shape index (κ3) is 6.94. The first-order chi connectivity index (χ1) is 9.22. The maximum atomic E-state index is 3.96. The number of allylic oxidation sites excluding steroid dienone is 2. The van der Waals surface area contributed by atoms with Crippen molar-refractivity contribution in [3.05, 3.63) is 78.7 Å². The summed E-state index contributed by atoms with van der Waals surface area (Å²) in [6.07, 6.45) is 8.06. The second-order valence-corrected chi connectivity index (χ2v) is 4.18. The highest BCUT2D eigenvalue weighted by Crippen LogP contribution is 2.02. The van der Waals surface area contributed by atoms with Crippen LogP contribution in [-0.4, -0.2) is 13.1 Å². The lowest BCUT2D eigenvalue weighted by molar-refractivity contribution is 0.797. The summed E-state index contributed by atoms with van der Waals surface area (Å²) < 4.78 is 0. The van der Waals surface area contributed by atoms with E-state index in [4.69, 9.17) is 0 Å². The van der Waals surface area contributed by atoms with Gasteiger partial charge in [0.25, 0.3) is 0 Å². The van der Waals surface area contributed by atoms with Crippen LogP contribution in [0.5, 0.6) is 0 Å². The van der Waals surface area contributed by atoms with Crippen molar-refractivity contribution in [2.45, 2.75) is 6.92 Å². The minimum Gasteiger partial charge on any atom is -0.384 e. The van der Waals surface area contributed by atoms with Gasteiger partial charge >= 0.3 is 0 Å². The van der Waals surface area contributed by atoms with Crippen LogP contribution in [0.2, 0.25) is 0 Å². The lowest BCUT2D eigenvalue weighted by Crippen LogP contribution is -2.23. The van der Waals surface area contributed by atoms with Crippen LogP contribution in [-0.2, 0) is 0 Å². The van der Waals surface area contributed by atoms with Crippen LogP contribution in [0.4, 0.5) is 0 Å². The Morgan fingerprint density at radius 1 is 1.16 bits per heavy atom. The first-order valence-corrected chi connectivity index (χ1v) is 6.41. The Morgan fingerprint density at radius 2 is 1.89 bits per heavy atom. The van der Waals surface area contributed by atoms with Crippen molar-refractivity contribution in [2.75, 3.05) is 13.1 Å². The summed E-state index contributed by atoms with van der Waals surface area (Å²) >= 11 is 0. The minimum atomic E-state index is 0.676. The van der Waals surface area contributed by atoms with E-state index < -0.39 is 0 Å². The molecule has 1 rings (SSSR count). The van der Waals surface area contributed by atoms with Gasteiger partial charge in [-0.05, 0) is 18.6 Å². The van der Waals surface area contributed by atoms with Crippen LogP contribution in [0.25, 0.3) is 6.08 Å². The third-order valence-corrected chi connectivity index (χ3v) is 2.51. The topological polar surface area (TPSA) is 24.1 Å². The van der Waals surface area contributed by atoms with E-state index in [1.165, 1.54) is 0 Å². The largest absolute Gasteiger partial charge is 0.384 e. The molecule has 0 aromatic heterocycles. The van der Waals surface area contributed by atoms with E-state index in [1.807, 2.05) is 43.4 Å². The smallest absolute Gasteiger partial charge is 0.0541 e. The maximum Gasteiger partial charge on any atom is 0.0541 e. The minimum absolute atomic E-state index is 0.676. The fraction of sp³-hybridized carbons (Fsp3) is 0.176. The van der Waals surface area contributed by atoms with E-state index >= 15 is 0 Å². The van der Waals surface area contributed by atoms with Gasteiger partial charge in [-0.1, -0.05) is 61.7 Å². The monoisotopic (exact) mass is 254 g/mol. The van der Waals surface area contributed by atoms with Crippen molar-refractivity contribution < 1.29 is 0 Å². The van der Waals surface area contributed by atoms with Gasteiger partial charge in [-0.25, -0.2) is 0 Å². The molecule has 0 saturated heterocycles. The average molecular weight is 254 g/mol. The molecule has 0 amide bonds. The number of nitrogens with one attached hydrogen (secondary N) is 2. The Hall–Kier alpha value is -2.22. The molecule has 0 fully saturated rings. The molecule has 0 atom stereocenters. The van der Waals surface area contributed by atoms with Crippen LogP contribution in [0.3, 0.4) is 0 Å². The summed E-state index contributed by atoms with van der Waals surface area (Å²) in [6.45, 7) is 11.4. The molecule has 0 spiro atoms. The second kappa shape index (κ2) is 8.81. The number of benzene rings is 1. The number of hydrogen-bond acceptors (Lipinski definition) is 2. The van der Waals surface area contributed by atoms with E-state index in [0.717, 1.165) is 23.5 Å². The molecule has 0 unspecified atom stereocenters. The first-order valence-electron chi connectivity index (χ1n) is 6.41. The highest BCUT2D eigenvalue weighted by atomic mass is 15.0. The summed E-state index contributed by atoms with van der Waals surface area (Å²) in [6, 6.07) is 10.2. The first kappa shape index (κ1) is 14.8. The van der Waals surface area contributed by atoms with Crippen LogP contribution < -0.4 is 10.6 Å². The Bertz CT molecular complexity index is 455. The van der Waals surface area contributed by atoms with Gasteiger partial charge in [0.05, 0.1) is 6.54 Å². The molecule has 2 nitrogen and oxygen atoms in total. The fourth-order valence-corrected chi connectivity index (χ4v) is 1.42. The average Bonchev–Trinajstić information content (AvgIpc) is 2.44. The van der Waals surface area contributed by atoms with Gasteiger partial charge in [-0.2, -0.15) is 0 Å². The van der Waals surface area contributed by atoms with Gasteiger partial charge in [0.15, 0.2) is 0 Å². The molecule has 2 N–H and O–H groups in total. The van der Waals surface area contributed by atoms with Gasteiger partial charge in [0, 0.05) is 17.9 Å². The van der Waals surface area contributed by atoms with Crippen molar-refractivity contribution in [1.82, 2.24) is 10.6 Å². The lowest BCUT2D eigenvalue weighted by Gasteiger charge is -2.10. The molecule has 1 aromatic carbocycles. The van der Waals surface area contributed by atoms with E-state index in [-0.39, 0.29) is 0 Å². The van der Waals surface area contributed by atoms with Crippen LogP contribution >= 0.6 is 0 Å². The van der Waals surface area contributed by atoms with Gasteiger partial charge < -0.3 is 10.6 Å². The van der Waals surface area contributed by atoms with E-state index in [1.54, 1.807) is 0 Å². The maximum absolute atomic E-state index is 3.96. The summed E-state index contributed by atoms with van der Waals surface area (Å²) in [7, 11) is 0. The molecule has 100 valence electrons. The molecule has 0 bridgehead atoms. The SMILES string of the molecule is C=C(/C=C/c1ccccc1)NCC(=C)NC/C=C/C. The van der Waals surface area contributed by atoms with Crippen molar-refractivity contribution in [3.63, 3.8) is 0 Å². The van der Waals surface area contributed by atoms with E-state index in [0.29, 0.717) is 6.54 Å². The normalized spacial score (nSPS) is 10.8. The highest BCUT2D eigenvalue weighted by molar-refractivity contribution is 5.51. The molecule has 0 radical (unpaired) electrons. The third-order valence-electron chi connectivity index (χ3n) is 2.51. The summed E-state index contributed by atoms with van der Waals surface area (Å²) in [5.41, 5.74) is 2.99. The van der Waals surface area contributed by atoms with Crippen molar-refractivity contribution in [2.24, 2.45) is 0 Å². The van der Waals surface area contributed by atoms with E-state index in [9.17, 15) is 0 Å². The molecule has 0 saturated carbocycles. The quantitative estimate of drug-likeness (QED) is 0.548. The Morgan fingerprint density at radius 3 is 2.58 bits per heavy atom. The summed E-state index contributed by atoms with van der Waals surface area (Å²) in [4.78, 5) is 0. The van der Waals surface area contributed by atoms with Crippen LogP contribution in [0.15, 0.2) is 73.1 Å². The van der Waals surface area contributed by atoms with Crippen LogP contribution in [0.1, 0.15) is 12.5 Å². The van der Waals surface area contributed by atoms with Gasteiger partial charge in [0.2, 0.25) is 0 Å². The zero-order valence-corrected chi connectivity index (χ0v) is 11.5. The Labute approximate surface area is 116 Å². The fourth-order valence-electron chi connectivity index (χ4n) is 1.42. The number of rotatable bonds is 8. The highest BCUT2D eigenvalue weighted by Gasteiger charge is 1.92. The Balaban J connectivity index is 2.28. The molecular weight excluding hydrogens is 232 g/mol. The van der Waals surface area contributed by atoms with E-state index in [2.05, 4.69) is 42.0 Å². The van der Waals surface area contributed by atoms with Crippen molar-refractivity contribution >= 4 is 6.08 Å². The second-order valence-electron chi connectivity index (χ2n) is 4.18. The predicted octanol–water partition coefficient (Wildman–Crippen LogP) is 3.48. The molecule has 19 heavy (non-hydrogen) atoms. The molecule has 0 heterocycles. The molecule has 0 aliphatic heterocycles.